The molecule has 2 aromatic heterocycles. The van der Waals surface area contributed by atoms with Gasteiger partial charge in [0.2, 0.25) is 5.13 Å². The summed E-state index contributed by atoms with van der Waals surface area (Å²) in [5.74, 6) is 0.274. The molecule has 0 spiro atoms. The highest BCUT2D eigenvalue weighted by Gasteiger charge is 2.20. The van der Waals surface area contributed by atoms with Gasteiger partial charge in [-0.3, -0.25) is 10.1 Å². The molecular formula is C13H17N5OS2. The number of nitrogens with one attached hydrogen (secondary N) is 2. The summed E-state index contributed by atoms with van der Waals surface area (Å²) in [5.41, 5.74) is 0.474. The van der Waals surface area contributed by atoms with Gasteiger partial charge < -0.3 is 5.32 Å². The molecule has 0 unspecified atom stereocenters. The van der Waals surface area contributed by atoms with Gasteiger partial charge in [-0.2, -0.15) is 0 Å². The van der Waals surface area contributed by atoms with Gasteiger partial charge in [-0.1, -0.05) is 18.3 Å². The summed E-state index contributed by atoms with van der Waals surface area (Å²) in [5, 5.41) is 18.4. The minimum Gasteiger partial charge on any atom is -0.317 e. The van der Waals surface area contributed by atoms with Gasteiger partial charge >= 0.3 is 0 Å². The second-order valence-electron chi connectivity index (χ2n) is 4.90. The first-order valence-electron chi connectivity index (χ1n) is 7.06. The lowest BCUT2D eigenvalue weighted by molar-refractivity contribution is 0.102. The number of carbonyl (C=O) groups excluding carboxylic acids is 1. The van der Waals surface area contributed by atoms with Gasteiger partial charge in [0, 0.05) is 11.3 Å². The van der Waals surface area contributed by atoms with E-state index in [0.29, 0.717) is 16.7 Å². The third-order valence-corrected chi connectivity index (χ3v) is 5.42. The quantitative estimate of drug-likeness (QED) is 0.902. The lowest BCUT2D eigenvalue weighted by Gasteiger charge is -2.20. The van der Waals surface area contributed by atoms with Crippen LogP contribution in [-0.4, -0.2) is 34.2 Å². The van der Waals surface area contributed by atoms with E-state index in [4.69, 9.17) is 0 Å². The van der Waals surface area contributed by atoms with Crippen LogP contribution >= 0.6 is 22.7 Å². The number of hydrogen-bond donors (Lipinski definition) is 2. The molecule has 8 heteroatoms. The summed E-state index contributed by atoms with van der Waals surface area (Å²) in [7, 11) is 0. The van der Waals surface area contributed by atoms with E-state index in [2.05, 4.69) is 25.8 Å². The molecule has 1 aliphatic rings. The Balaban J connectivity index is 1.66. The van der Waals surface area contributed by atoms with E-state index in [-0.39, 0.29) is 5.91 Å². The van der Waals surface area contributed by atoms with Crippen molar-refractivity contribution in [2.24, 2.45) is 0 Å². The van der Waals surface area contributed by atoms with Crippen LogP contribution < -0.4 is 10.6 Å². The highest BCUT2D eigenvalue weighted by molar-refractivity contribution is 7.15. The fourth-order valence-electron chi connectivity index (χ4n) is 2.26. The first kappa shape index (κ1) is 14.6. The lowest BCUT2D eigenvalue weighted by Crippen LogP contribution is -2.26. The molecule has 1 saturated heterocycles. The van der Waals surface area contributed by atoms with Crippen molar-refractivity contribution in [3.8, 4) is 0 Å². The lowest BCUT2D eigenvalue weighted by atomic mass is 9.99. The molecule has 3 heterocycles. The number of nitrogens with zero attached hydrogens (tertiary/aromatic N) is 3. The highest BCUT2D eigenvalue weighted by atomic mass is 32.1. The smallest absolute Gasteiger partial charge is 0.276 e. The van der Waals surface area contributed by atoms with Crippen molar-refractivity contribution in [2.45, 2.75) is 32.1 Å². The van der Waals surface area contributed by atoms with Crippen LogP contribution in [0.15, 0.2) is 5.38 Å². The molecule has 0 aromatic carbocycles. The Morgan fingerprint density at radius 3 is 2.95 bits per heavy atom. The standard InChI is InChI=1S/C13H17N5OS2/c1-2-10-17-18-13(21-10)16-11(19)9-7-20-12(15-9)8-3-5-14-6-4-8/h7-8,14H,2-6H2,1H3,(H,16,18,19). The Morgan fingerprint density at radius 2 is 2.24 bits per heavy atom. The van der Waals surface area contributed by atoms with Crippen molar-refractivity contribution < 1.29 is 4.79 Å². The number of aryl methyl sites for hydroxylation is 1. The first-order chi connectivity index (χ1) is 10.3. The number of aromatic nitrogens is 3. The van der Waals surface area contributed by atoms with Crippen LogP contribution in [0, 0.1) is 0 Å². The molecule has 6 nitrogen and oxygen atoms in total. The Bertz CT molecular complexity index is 618. The minimum atomic E-state index is -0.203. The summed E-state index contributed by atoms with van der Waals surface area (Å²) >= 11 is 2.98. The van der Waals surface area contributed by atoms with Gasteiger partial charge in [-0.05, 0) is 32.4 Å². The normalized spacial score (nSPS) is 16.0. The summed E-state index contributed by atoms with van der Waals surface area (Å²) in [4.78, 5) is 16.7. The Labute approximate surface area is 131 Å². The molecular weight excluding hydrogens is 306 g/mol. The van der Waals surface area contributed by atoms with E-state index < -0.39 is 0 Å². The second-order valence-corrected chi connectivity index (χ2v) is 6.86. The monoisotopic (exact) mass is 323 g/mol. The van der Waals surface area contributed by atoms with Crippen molar-refractivity contribution in [1.29, 1.82) is 0 Å². The average Bonchev–Trinajstić information content (AvgIpc) is 3.17. The molecule has 112 valence electrons. The Morgan fingerprint density at radius 1 is 1.43 bits per heavy atom. The second kappa shape index (κ2) is 6.59. The number of piperidine rings is 1. The molecule has 0 atom stereocenters. The number of amides is 1. The fourth-order valence-corrected chi connectivity index (χ4v) is 3.90. The van der Waals surface area contributed by atoms with Crippen LogP contribution in [-0.2, 0) is 6.42 Å². The van der Waals surface area contributed by atoms with Gasteiger partial charge in [0.1, 0.15) is 10.7 Å². The first-order valence-corrected chi connectivity index (χ1v) is 8.75. The molecule has 2 aromatic rings. The van der Waals surface area contributed by atoms with Crippen molar-refractivity contribution in [1.82, 2.24) is 20.5 Å². The molecule has 1 aliphatic heterocycles. The van der Waals surface area contributed by atoms with Crippen LogP contribution in [0.25, 0.3) is 0 Å². The fraction of sp³-hybridized carbons (Fsp3) is 0.538. The third-order valence-electron chi connectivity index (χ3n) is 3.43. The molecule has 21 heavy (non-hydrogen) atoms. The van der Waals surface area contributed by atoms with Crippen LogP contribution in [0.2, 0.25) is 0 Å². The Kier molecular flexibility index (Phi) is 4.57. The van der Waals surface area contributed by atoms with Gasteiger partial charge in [-0.25, -0.2) is 4.98 Å². The number of anilines is 1. The van der Waals surface area contributed by atoms with Crippen molar-refractivity contribution >= 4 is 33.7 Å². The van der Waals surface area contributed by atoms with Gasteiger partial charge in [0.25, 0.3) is 5.91 Å². The number of hydrogen-bond acceptors (Lipinski definition) is 7. The average molecular weight is 323 g/mol. The predicted octanol–water partition coefficient (Wildman–Crippen LogP) is 2.28. The maximum absolute atomic E-state index is 12.2. The van der Waals surface area contributed by atoms with Crippen molar-refractivity contribution in [3.63, 3.8) is 0 Å². The number of carbonyl (C=O) groups is 1. The molecule has 0 saturated carbocycles. The van der Waals surface area contributed by atoms with Crippen LogP contribution in [0.1, 0.15) is 46.2 Å². The van der Waals surface area contributed by atoms with E-state index in [0.717, 1.165) is 42.4 Å². The topological polar surface area (TPSA) is 79.8 Å². The van der Waals surface area contributed by atoms with E-state index in [1.165, 1.54) is 11.3 Å². The maximum atomic E-state index is 12.2. The third kappa shape index (κ3) is 3.45. The largest absolute Gasteiger partial charge is 0.317 e. The molecule has 0 bridgehead atoms. The zero-order valence-corrected chi connectivity index (χ0v) is 13.4. The predicted molar refractivity (Wildman–Crippen MR) is 84.2 cm³/mol. The summed E-state index contributed by atoms with van der Waals surface area (Å²) in [6.45, 7) is 4.06. The zero-order valence-electron chi connectivity index (χ0n) is 11.8. The molecule has 2 N–H and O–H groups in total. The van der Waals surface area contributed by atoms with Crippen LogP contribution in [0.5, 0.6) is 0 Å². The zero-order chi connectivity index (χ0) is 14.7. The summed E-state index contributed by atoms with van der Waals surface area (Å²) in [6.07, 6.45) is 3.00. The molecule has 0 aliphatic carbocycles. The van der Waals surface area contributed by atoms with Crippen molar-refractivity contribution in [3.05, 3.63) is 21.1 Å². The SMILES string of the molecule is CCc1nnc(NC(=O)c2csc(C3CCNCC3)n2)s1. The number of thiazole rings is 1. The number of rotatable bonds is 4. The Hall–Kier alpha value is -1.38. The minimum absolute atomic E-state index is 0.203. The van der Waals surface area contributed by atoms with E-state index in [1.807, 2.05) is 12.3 Å². The summed E-state index contributed by atoms with van der Waals surface area (Å²) in [6, 6.07) is 0. The van der Waals surface area contributed by atoms with E-state index >= 15 is 0 Å². The van der Waals surface area contributed by atoms with E-state index in [1.54, 1.807) is 11.3 Å². The molecule has 1 fully saturated rings. The maximum Gasteiger partial charge on any atom is 0.276 e. The van der Waals surface area contributed by atoms with Gasteiger partial charge in [-0.15, -0.1) is 21.5 Å². The molecule has 3 rings (SSSR count). The van der Waals surface area contributed by atoms with Gasteiger partial charge in [0.15, 0.2) is 0 Å². The van der Waals surface area contributed by atoms with Gasteiger partial charge in [0.05, 0.1) is 5.01 Å². The van der Waals surface area contributed by atoms with E-state index in [9.17, 15) is 4.79 Å². The van der Waals surface area contributed by atoms with Crippen LogP contribution in [0.4, 0.5) is 5.13 Å². The summed E-state index contributed by atoms with van der Waals surface area (Å²) < 4.78 is 0. The molecule has 0 radical (unpaired) electrons. The van der Waals surface area contributed by atoms with Crippen molar-refractivity contribution in [2.75, 3.05) is 18.4 Å². The van der Waals surface area contributed by atoms with Crippen LogP contribution in [0.3, 0.4) is 0 Å². The molecule has 1 amide bonds. The highest BCUT2D eigenvalue weighted by Crippen LogP contribution is 2.28.